The Balaban J connectivity index is 2.33. The Morgan fingerprint density at radius 1 is 1.33 bits per heavy atom. The standard InChI is InChI=1S/C13H27NO/c1-11(9-10-15-4)14-13(2,3)12-7-5-6-8-12/h11-12,14H,5-10H2,1-4H3. The van der Waals surface area contributed by atoms with Crippen LogP contribution in [0.25, 0.3) is 0 Å². The van der Waals surface area contributed by atoms with E-state index in [1.54, 1.807) is 7.11 Å². The van der Waals surface area contributed by atoms with Gasteiger partial charge in [0.1, 0.15) is 0 Å². The number of hydrogen-bond donors (Lipinski definition) is 1. The van der Waals surface area contributed by atoms with Gasteiger partial charge in [-0.3, -0.25) is 0 Å². The summed E-state index contributed by atoms with van der Waals surface area (Å²) in [5.74, 6) is 0.863. The van der Waals surface area contributed by atoms with E-state index in [-0.39, 0.29) is 0 Å². The third-order valence-electron chi connectivity index (χ3n) is 3.75. The normalized spacial score (nSPS) is 20.8. The molecule has 0 aromatic heterocycles. The van der Waals surface area contributed by atoms with Gasteiger partial charge in [-0.25, -0.2) is 0 Å². The van der Waals surface area contributed by atoms with Crippen molar-refractivity contribution in [1.82, 2.24) is 5.32 Å². The highest BCUT2D eigenvalue weighted by Crippen LogP contribution is 2.34. The fourth-order valence-corrected chi connectivity index (χ4v) is 2.77. The largest absolute Gasteiger partial charge is 0.385 e. The fraction of sp³-hybridized carbons (Fsp3) is 1.00. The molecule has 0 radical (unpaired) electrons. The summed E-state index contributed by atoms with van der Waals surface area (Å²) in [6, 6.07) is 0.556. The molecule has 1 fully saturated rings. The third-order valence-corrected chi connectivity index (χ3v) is 3.75. The lowest BCUT2D eigenvalue weighted by atomic mass is 9.85. The van der Waals surface area contributed by atoms with Gasteiger partial charge in [0.2, 0.25) is 0 Å². The van der Waals surface area contributed by atoms with E-state index in [2.05, 4.69) is 26.1 Å². The molecule has 0 saturated heterocycles. The molecule has 0 aromatic rings. The first-order valence-electron chi connectivity index (χ1n) is 6.33. The summed E-state index contributed by atoms with van der Waals surface area (Å²) in [6.07, 6.45) is 6.74. The summed E-state index contributed by atoms with van der Waals surface area (Å²) in [7, 11) is 1.77. The molecule has 0 aliphatic heterocycles. The maximum Gasteiger partial charge on any atom is 0.0476 e. The van der Waals surface area contributed by atoms with Crippen molar-refractivity contribution in [1.29, 1.82) is 0 Å². The van der Waals surface area contributed by atoms with E-state index in [9.17, 15) is 0 Å². The van der Waals surface area contributed by atoms with E-state index in [1.807, 2.05) is 0 Å². The van der Waals surface area contributed by atoms with Gasteiger partial charge in [0.05, 0.1) is 0 Å². The van der Waals surface area contributed by atoms with Crippen molar-refractivity contribution in [3.8, 4) is 0 Å². The highest BCUT2D eigenvalue weighted by Gasteiger charge is 2.32. The van der Waals surface area contributed by atoms with Crippen LogP contribution >= 0.6 is 0 Å². The van der Waals surface area contributed by atoms with E-state index in [4.69, 9.17) is 4.74 Å². The third kappa shape index (κ3) is 4.12. The summed E-state index contributed by atoms with van der Waals surface area (Å²) in [5, 5.41) is 3.75. The average Bonchev–Trinajstić information content (AvgIpc) is 2.67. The Labute approximate surface area is 94.8 Å². The van der Waals surface area contributed by atoms with Gasteiger partial charge < -0.3 is 10.1 Å². The van der Waals surface area contributed by atoms with Crippen molar-refractivity contribution >= 4 is 0 Å². The number of rotatable bonds is 6. The Morgan fingerprint density at radius 3 is 2.47 bits per heavy atom. The van der Waals surface area contributed by atoms with Crippen molar-refractivity contribution in [3.63, 3.8) is 0 Å². The first kappa shape index (κ1) is 13.0. The molecule has 15 heavy (non-hydrogen) atoms. The SMILES string of the molecule is COCCC(C)NC(C)(C)C1CCCC1. The molecule has 1 rings (SSSR count). The van der Waals surface area contributed by atoms with E-state index in [0.717, 1.165) is 18.9 Å². The van der Waals surface area contributed by atoms with Crippen molar-refractivity contribution in [2.75, 3.05) is 13.7 Å². The number of ether oxygens (including phenoxy) is 1. The zero-order valence-corrected chi connectivity index (χ0v) is 10.8. The molecule has 1 saturated carbocycles. The van der Waals surface area contributed by atoms with Gasteiger partial charge in [0.15, 0.2) is 0 Å². The molecule has 1 N–H and O–H groups in total. The Bertz CT molecular complexity index is 173. The van der Waals surface area contributed by atoms with Crippen LogP contribution in [0.1, 0.15) is 52.9 Å². The minimum absolute atomic E-state index is 0.295. The van der Waals surface area contributed by atoms with Gasteiger partial charge in [-0.05, 0) is 46.0 Å². The van der Waals surface area contributed by atoms with Crippen molar-refractivity contribution in [2.45, 2.75) is 64.5 Å². The minimum atomic E-state index is 0.295. The first-order chi connectivity index (χ1) is 7.06. The van der Waals surface area contributed by atoms with Gasteiger partial charge in [0.25, 0.3) is 0 Å². The predicted molar refractivity (Wildman–Crippen MR) is 65.1 cm³/mol. The van der Waals surface area contributed by atoms with E-state index in [1.165, 1.54) is 25.7 Å². The summed E-state index contributed by atoms with van der Waals surface area (Å²) >= 11 is 0. The lowest BCUT2D eigenvalue weighted by Crippen LogP contribution is -2.49. The molecule has 0 bridgehead atoms. The second-order valence-corrected chi connectivity index (χ2v) is 5.53. The molecule has 2 nitrogen and oxygen atoms in total. The molecule has 0 aromatic carbocycles. The molecular weight excluding hydrogens is 186 g/mol. The van der Waals surface area contributed by atoms with Gasteiger partial charge in [0, 0.05) is 25.3 Å². The topological polar surface area (TPSA) is 21.3 Å². The summed E-state index contributed by atoms with van der Waals surface area (Å²) in [4.78, 5) is 0. The Kier molecular flexibility index (Phi) is 5.07. The monoisotopic (exact) mass is 213 g/mol. The molecule has 0 amide bonds. The smallest absolute Gasteiger partial charge is 0.0476 e. The predicted octanol–water partition coefficient (Wildman–Crippen LogP) is 2.97. The molecule has 2 heteroatoms. The maximum atomic E-state index is 5.11. The first-order valence-corrected chi connectivity index (χ1v) is 6.33. The second kappa shape index (κ2) is 5.86. The van der Waals surface area contributed by atoms with Crippen LogP contribution in [0.15, 0.2) is 0 Å². The van der Waals surface area contributed by atoms with Crippen molar-refractivity contribution in [3.05, 3.63) is 0 Å². The van der Waals surface area contributed by atoms with Gasteiger partial charge in [-0.1, -0.05) is 12.8 Å². The highest BCUT2D eigenvalue weighted by atomic mass is 16.5. The van der Waals surface area contributed by atoms with Crippen molar-refractivity contribution in [2.24, 2.45) is 5.92 Å². The Hall–Kier alpha value is -0.0800. The van der Waals surface area contributed by atoms with E-state index >= 15 is 0 Å². The molecule has 1 aliphatic rings. The van der Waals surface area contributed by atoms with Crippen LogP contribution < -0.4 is 5.32 Å². The van der Waals surface area contributed by atoms with Gasteiger partial charge >= 0.3 is 0 Å². The van der Waals surface area contributed by atoms with Crippen LogP contribution in [0.4, 0.5) is 0 Å². The zero-order chi connectivity index (χ0) is 11.3. The minimum Gasteiger partial charge on any atom is -0.385 e. The van der Waals surface area contributed by atoms with Crippen LogP contribution in [-0.4, -0.2) is 25.3 Å². The van der Waals surface area contributed by atoms with E-state index < -0.39 is 0 Å². The fourth-order valence-electron chi connectivity index (χ4n) is 2.77. The van der Waals surface area contributed by atoms with Crippen LogP contribution in [-0.2, 0) is 4.74 Å². The average molecular weight is 213 g/mol. The van der Waals surface area contributed by atoms with Crippen LogP contribution in [0.5, 0.6) is 0 Å². The summed E-state index contributed by atoms with van der Waals surface area (Å²) in [5.41, 5.74) is 0.295. The summed E-state index contributed by atoms with van der Waals surface area (Å²) < 4.78 is 5.11. The molecule has 0 heterocycles. The quantitative estimate of drug-likeness (QED) is 0.732. The van der Waals surface area contributed by atoms with Gasteiger partial charge in [-0.2, -0.15) is 0 Å². The molecule has 0 spiro atoms. The lowest BCUT2D eigenvalue weighted by Gasteiger charge is -2.36. The molecule has 1 aliphatic carbocycles. The van der Waals surface area contributed by atoms with E-state index in [0.29, 0.717) is 11.6 Å². The van der Waals surface area contributed by atoms with Crippen LogP contribution in [0.3, 0.4) is 0 Å². The zero-order valence-electron chi connectivity index (χ0n) is 10.8. The maximum absolute atomic E-state index is 5.11. The molecule has 1 unspecified atom stereocenters. The molecular formula is C13H27NO. The number of hydrogen-bond acceptors (Lipinski definition) is 2. The van der Waals surface area contributed by atoms with Crippen LogP contribution in [0, 0.1) is 5.92 Å². The second-order valence-electron chi connectivity index (χ2n) is 5.53. The van der Waals surface area contributed by atoms with Gasteiger partial charge in [-0.15, -0.1) is 0 Å². The Morgan fingerprint density at radius 2 is 1.93 bits per heavy atom. The summed E-state index contributed by atoms with van der Waals surface area (Å²) in [6.45, 7) is 7.82. The molecule has 1 atom stereocenters. The number of methoxy groups -OCH3 is 1. The number of nitrogens with one attached hydrogen (secondary N) is 1. The highest BCUT2D eigenvalue weighted by molar-refractivity contribution is 4.90. The molecule has 90 valence electrons. The lowest BCUT2D eigenvalue weighted by molar-refractivity contribution is 0.166. The van der Waals surface area contributed by atoms with Crippen molar-refractivity contribution < 1.29 is 4.74 Å². The van der Waals surface area contributed by atoms with Crippen LogP contribution in [0.2, 0.25) is 0 Å².